The van der Waals surface area contributed by atoms with Crippen molar-refractivity contribution in [3.05, 3.63) is 47.9 Å². The van der Waals surface area contributed by atoms with Crippen molar-refractivity contribution in [3.63, 3.8) is 0 Å². The fraction of sp³-hybridized carbons (Fsp3) is 0.522. The molecule has 166 valence electrons. The summed E-state index contributed by atoms with van der Waals surface area (Å²) in [5.41, 5.74) is 1.16. The van der Waals surface area contributed by atoms with Crippen molar-refractivity contribution in [1.29, 1.82) is 0 Å². The minimum atomic E-state index is -0.980. The van der Waals surface area contributed by atoms with Crippen molar-refractivity contribution in [1.82, 2.24) is 20.2 Å². The molecule has 2 N–H and O–H groups in total. The Morgan fingerprint density at radius 1 is 1.19 bits per heavy atom. The van der Waals surface area contributed by atoms with E-state index in [1.807, 2.05) is 30.0 Å². The van der Waals surface area contributed by atoms with Crippen molar-refractivity contribution in [2.45, 2.75) is 38.3 Å². The molecule has 4 rings (SSSR count). The van der Waals surface area contributed by atoms with Gasteiger partial charge in [-0.1, -0.05) is 12.1 Å². The summed E-state index contributed by atoms with van der Waals surface area (Å²) in [7, 11) is 0. The lowest BCUT2D eigenvalue weighted by Gasteiger charge is -2.24. The molecule has 2 aliphatic rings. The molecule has 8 heteroatoms. The molecule has 2 aliphatic heterocycles. The van der Waals surface area contributed by atoms with Gasteiger partial charge in [0.15, 0.2) is 6.61 Å². The quantitative estimate of drug-likeness (QED) is 0.663. The number of carbonyl (C=O) groups is 1. The van der Waals surface area contributed by atoms with E-state index in [-0.39, 0.29) is 19.1 Å². The van der Waals surface area contributed by atoms with E-state index in [9.17, 15) is 9.90 Å². The van der Waals surface area contributed by atoms with Crippen LogP contribution >= 0.6 is 0 Å². The van der Waals surface area contributed by atoms with Crippen LogP contribution in [-0.4, -0.2) is 70.8 Å². The molecule has 0 aliphatic carbocycles. The smallest absolute Gasteiger partial charge is 0.258 e. The van der Waals surface area contributed by atoms with Crippen LogP contribution in [0.5, 0.6) is 5.75 Å². The Bertz CT molecular complexity index is 885. The number of anilines is 1. The van der Waals surface area contributed by atoms with Gasteiger partial charge >= 0.3 is 0 Å². The Morgan fingerprint density at radius 2 is 1.97 bits per heavy atom. The molecule has 0 unspecified atom stereocenters. The summed E-state index contributed by atoms with van der Waals surface area (Å²) < 4.78 is 5.61. The van der Waals surface area contributed by atoms with Crippen LogP contribution in [0.15, 0.2) is 36.7 Å². The second-order valence-electron chi connectivity index (χ2n) is 8.61. The van der Waals surface area contributed by atoms with Gasteiger partial charge < -0.3 is 20.1 Å². The van der Waals surface area contributed by atoms with Crippen LogP contribution in [0.25, 0.3) is 0 Å². The van der Waals surface area contributed by atoms with Gasteiger partial charge in [0.25, 0.3) is 5.91 Å². The average Bonchev–Trinajstić information content (AvgIpc) is 3.42. The highest BCUT2D eigenvalue weighted by Crippen LogP contribution is 2.25. The lowest BCUT2D eigenvalue weighted by Crippen LogP contribution is -2.46. The Hall–Kier alpha value is -2.71. The predicted molar refractivity (Wildman–Crippen MR) is 118 cm³/mol. The van der Waals surface area contributed by atoms with E-state index in [2.05, 4.69) is 32.3 Å². The maximum atomic E-state index is 12.2. The molecule has 2 aromatic rings. The Labute approximate surface area is 183 Å². The van der Waals surface area contributed by atoms with E-state index in [1.54, 1.807) is 0 Å². The van der Waals surface area contributed by atoms with Gasteiger partial charge in [0.2, 0.25) is 0 Å². The zero-order chi connectivity index (χ0) is 21.7. The third-order valence-electron chi connectivity index (χ3n) is 5.96. The number of aliphatic hydroxyl groups is 1. The average molecular weight is 426 g/mol. The van der Waals surface area contributed by atoms with Crippen molar-refractivity contribution in [2.24, 2.45) is 0 Å². The number of benzene rings is 1. The molecule has 3 heterocycles. The Balaban J connectivity index is 1.19. The summed E-state index contributed by atoms with van der Waals surface area (Å²) in [4.78, 5) is 25.1. The summed E-state index contributed by atoms with van der Waals surface area (Å²) in [5.74, 6) is 1.22. The van der Waals surface area contributed by atoms with Crippen molar-refractivity contribution < 1.29 is 14.6 Å². The monoisotopic (exact) mass is 425 g/mol. The molecule has 0 spiro atoms. The van der Waals surface area contributed by atoms with Crippen LogP contribution in [0.2, 0.25) is 0 Å². The maximum Gasteiger partial charge on any atom is 0.258 e. The number of β-amino-alcohol motifs (C(OH)–C–C–N with tert-alkyl or cyclic N) is 1. The number of rotatable bonds is 8. The van der Waals surface area contributed by atoms with Crippen LogP contribution in [0.4, 0.5) is 5.82 Å². The summed E-state index contributed by atoms with van der Waals surface area (Å²) in [5, 5.41) is 13.6. The van der Waals surface area contributed by atoms with Crippen LogP contribution < -0.4 is 15.0 Å². The van der Waals surface area contributed by atoms with Gasteiger partial charge in [0, 0.05) is 37.9 Å². The molecule has 1 amide bonds. The standard InChI is InChI=1S/C23H31N5O3/c1-18-12-21(26-17-25-18)28-11-8-23(30,16-28)15-24-22(29)14-31-20-6-4-19(5-7-20)13-27-9-2-3-10-27/h4-7,12,17,30H,2-3,8-11,13-16H2,1H3,(H,24,29)/t23-/m1/s1. The van der Waals surface area contributed by atoms with Gasteiger partial charge in [-0.2, -0.15) is 0 Å². The van der Waals surface area contributed by atoms with Crippen LogP contribution in [0.1, 0.15) is 30.5 Å². The normalized spacial score (nSPS) is 21.4. The Morgan fingerprint density at radius 3 is 2.71 bits per heavy atom. The number of carbonyl (C=O) groups excluding carboxylic acids is 1. The third-order valence-corrected chi connectivity index (χ3v) is 5.96. The van der Waals surface area contributed by atoms with Crippen LogP contribution in [-0.2, 0) is 11.3 Å². The number of aryl methyl sites for hydroxylation is 1. The second kappa shape index (κ2) is 9.62. The van der Waals surface area contributed by atoms with E-state index in [0.29, 0.717) is 25.3 Å². The van der Waals surface area contributed by atoms with Crippen molar-refractivity contribution >= 4 is 11.7 Å². The van der Waals surface area contributed by atoms with Gasteiger partial charge in [-0.15, -0.1) is 0 Å². The van der Waals surface area contributed by atoms with Gasteiger partial charge in [0.1, 0.15) is 23.5 Å². The van der Waals surface area contributed by atoms with Crippen LogP contribution in [0, 0.1) is 6.92 Å². The number of nitrogens with one attached hydrogen (secondary N) is 1. The summed E-state index contributed by atoms with van der Waals surface area (Å²) in [6.45, 7) is 6.43. The zero-order valence-electron chi connectivity index (χ0n) is 18.1. The predicted octanol–water partition coefficient (Wildman–Crippen LogP) is 1.52. The highest BCUT2D eigenvalue weighted by Gasteiger charge is 2.37. The first kappa shape index (κ1) is 21.5. The SMILES string of the molecule is Cc1cc(N2CC[C@@](O)(CNC(=O)COc3ccc(CN4CCCC4)cc3)C2)ncn1. The molecule has 0 bridgehead atoms. The van der Waals surface area contributed by atoms with Gasteiger partial charge in [-0.25, -0.2) is 9.97 Å². The number of hydrogen-bond acceptors (Lipinski definition) is 7. The fourth-order valence-corrected chi connectivity index (χ4v) is 4.16. The minimum absolute atomic E-state index is 0.0730. The van der Waals surface area contributed by atoms with Gasteiger partial charge in [-0.05, 0) is 57.0 Å². The molecular weight excluding hydrogens is 394 g/mol. The number of amides is 1. The van der Waals surface area contributed by atoms with E-state index >= 15 is 0 Å². The second-order valence-corrected chi connectivity index (χ2v) is 8.61. The van der Waals surface area contributed by atoms with E-state index in [4.69, 9.17) is 4.74 Å². The molecule has 31 heavy (non-hydrogen) atoms. The molecular formula is C23H31N5O3. The first-order valence-corrected chi connectivity index (χ1v) is 11.0. The summed E-state index contributed by atoms with van der Waals surface area (Å²) in [6.07, 6.45) is 4.66. The molecule has 2 fully saturated rings. The van der Waals surface area contributed by atoms with Gasteiger partial charge in [0.05, 0.1) is 0 Å². The maximum absolute atomic E-state index is 12.2. The molecule has 1 aromatic carbocycles. The van der Waals surface area contributed by atoms with E-state index in [1.165, 1.54) is 37.8 Å². The topological polar surface area (TPSA) is 90.8 Å². The lowest BCUT2D eigenvalue weighted by molar-refractivity contribution is -0.124. The molecule has 1 atom stereocenters. The number of hydrogen-bond donors (Lipinski definition) is 2. The van der Waals surface area contributed by atoms with E-state index < -0.39 is 5.60 Å². The molecule has 0 saturated carbocycles. The third kappa shape index (κ3) is 5.92. The number of likely N-dealkylation sites (tertiary alicyclic amines) is 1. The molecule has 1 aromatic heterocycles. The first-order chi connectivity index (χ1) is 15.0. The first-order valence-electron chi connectivity index (χ1n) is 11.0. The fourth-order valence-electron chi connectivity index (χ4n) is 4.16. The largest absolute Gasteiger partial charge is 0.484 e. The number of ether oxygens (including phenoxy) is 1. The highest BCUT2D eigenvalue weighted by atomic mass is 16.5. The lowest BCUT2D eigenvalue weighted by atomic mass is 10.0. The Kier molecular flexibility index (Phi) is 6.67. The molecule has 8 nitrogen and oxygen atoms in total. The number of nitrogens with zero attached hydrogens (tertiary/aromatic N) is 4. The summed E-state index contributed by atoms with van der Waals surface area (Å²) >= 11 is 0. The number of aromatic nitrogens is 2. The molecule has 0 radical (unpaired) electrons. The minimum Gasteiger partial charge on any atom is -0.484 e. The van der Waals surface area contributed by atoms with Crippen molar-refractivity contribution in [2.75, 3.05) is 44.2 Å². The van der Waals surface area contributed by atoms with Crippen molar-refractivity contribution in [3.8, 4) is 5.75 Å². The van der Waals surface area contributed by atoms with Crippen LogP contribution in [0.3, 0.4) is 0 Å². The summed E-state index contributed by atoms with van der Waals surface area (Å²) in [6, 6.07) is 9.82. The van der Waals surface area contributed by atoms with E-state index in [0.717, 1.165) is 18.1 Å². The molecule has 2 saturated heterocycles. The zero-order valence-corrected chi connectivity index (χ0v) is 18.1. The van der Waals surface area contributed by atoms with Gasteiger partial charge in [-0.3, -0.25) is 9.69 Å². The highest BCUT2D eigenvalue weighted by molar-refractivity contribution is 5.77.